The second-order valence-corrected chi connectivity index (χ2v) is 3.68. The highest BCUT2D eigenvalue weighted by atomic mass is 16.1. The van der Waals surface area contributed by atoms with Gasteiger partial charge in [-0.05, 0) is 26.8 Å². The first-order valence-electron chi connectivity index (χ1n) is 3.77. The van der Waals surface area contributed by atoms with Gasteiger partial charge in [0, 0.05) is 6.20 Å². The Balaban J connectivity index is 3.00. The van der Waals surface area contributed by atoms with Gasteiger partial charge in [-0.3, -0.25) is 9.48 Å². The second-order valence-electron chi connectivity index (χ2n) is 3.68. The third-order valence-electron chi connectivity index (χ3n) is 1.53. The van der Waals surface area contributed by atoms with Gasteiger partial charge >= 0.3 is 0 Å². The van der Waals surface area contributed by atoms with Gasteiger partial charge in [0.15, 0.2) is 0 Å². The minimum absolute atomic E-state index is 0.103. The summed E-state index contributed by atoms with van der Waals surface area (Å²) in [7, 11) is 0. The Morgan fingerprint density at radius 2 is 2.17 bits per heavy atom. The highest BCUT2D eigenvalue weighted by molar-refractivity contribution is 5.90. The average Bonchev–Trinajstić information content (AvgIpc) is 2.30. The van der Waals surface area contributed by atoms with Crippen LogP contribution >= 0.6 is 0 Å². The fourth-order valence-electron chi connectivity index (χ4n) is 0.829. The molecule has 1 heterocycles. The van der Waals surface area contributed by atoms with E-state index in [-0.39, 0.29) is 5.54 Å². The molecule has 0 aliphatic heterocycles. The van der Waals surface area contributed by atoms with Gasteiger partial charge in [-0.2, -0.15) is 5.10 Å². The number of amides is 1. The van der Waals surface area contributed by atoms with E-state index in [1.54, 1.807) is 16.9 Å². The molecule has 0 aliphatic rings. The highest BCUT2D eigenvalue weighted by Crippen LogP contribution is 2.12. The van der Waals surface area contributed by atoms with E-state index in [2.05, 4.69) is 5.10 Å². The Kier molecular flexibility index (Phi) is 1.92. The Morgan fingerprint density at radius 3 is 2.42 bits per heavy atom. The van der Waals surface area contributed by atoms with Crippen molar-refractivity contribution in [2.24, 2.45) is 5.73 Å². The maximum Gasteiger partial charge on any atom is 0.269 e. The molecular formula is C8H13N3O. The van der Waals surface area contributed by atoms with Crippen molar-refractivity contribution < 1.29 is 4.79 Å². The highest BCUT2D eigenvalue weighted by Gasteiger charge is 2.15. The van der Waals surface area contributed by atoms with Crippen molar-refractivity contribution in [1.29, 1.82) is 0 Å². The van der Waals surface area contributed by atoms with E-state index in [1.807, 2.05) is 20.8 Å². The molecule has 0 aromatic carbocycles. The van der Waals surface area contributed by atoms with Crippen LogP contribution in [-0.4, -0.2) is 15.7 Å². The van der Waals surface area contributed by atoms with Gasteiger partial charge in [0.1, 0.15) is 5.69 Å². The molecule has 0 saturated carbocycles. The van der Waals surface area contributed by atoms with Crippen molar-refractivity contribution in [3.8, 4) is 0 Å². The lowest BCUT2D eigenvalue weighted by Crippen LogP contribution is -2.23. The van der Waals surface area contributed by atoms with Crippen LogP contribution < -0.4 is 5.73 Å². The maximum absolute atomic E-state index is 10.7. The topological polar surface area (TPSA) is 60.9 Å². The number of nitrogens with two attached hydrogens (primary N) is 1. The van der Waals surface area contributed by atoms with Crippen molar-refractivity contribution in [1.82, 2.24) is 9.78 Å². The first-order chi connectivity index (χ1) is 5.41. The van der Waals surface area contributed by atoms with E-state index < -0.39 is 5.91 Å². The molecule has 1 aromatic heterocycles. The molecule has 12 heavy (non-hydrogen) atoms. The quantitative estimate of drug-likeness (QED) is 0.670. The number of nitrogens with zero attached hydrogens (tertiary/aromatic N) is 2. The Labute approximate surface area is 71.4 Å². The smallest absolute Gasteiger partial charge is 0.269 e. The lowest BCUT2D eigenvalue weighted by molar-refractivity contribution is 0.0994. The van der Waals surface area contributed by atoms with E-state index in [9.17, 15) is 4.79 Å². The lowest BCUT2D eigenvalue weighted by atomic mass is 10.1. The molecule has 0 aliphatic carbocycles. The molecule has 2 N–H and O–H groups in total. The number of aromatic nitrogens is 2. The molecule has 0 unspecified atom stereocenters. The Hall–Kier alpha value is -1.32. The summed E-state index contributed by atoms with van der Waals surface area (Å²) in [6, 6.07) is 1.62. The van der Waals surface area contributed by atoms with Gasteiger partial charge < -0.3 is 5.73 Å². The molecule has 66 valence electrons. The van der Waals surface area contributed by atoms with Gasteiger partial charge in [0.2, 0.25) is 0 Å². The van der Waals surface area contributed by atoms with Gasteiger partial charge in [0.05, 0.1) is 5.54 Å². The number of carbonyl (C=O) groups is 1. The van der Waals surface area contributed by atoms with Crippen LogP contribution in [0.15, 0.2) is 12.3 Å². The summed E-state index contributed by atoms with van der Waals surface area (Å²) in [5, 5.41) is 4.02. The van der Waals surface area contributed by atoms with E-state index >= 15 is 0 Å². The van der Waals surface area contributed by atoms with Gasteiger partial charge in [-0.15, -0.1) is 0 Å². The standard InChI is InChI=1S/C8H13N3O/c1-8(2,3)11-5-4-6(10-11)7(9)12/h4-5H,1-3H3,(H2,9,12). The molecule has 0 saturated heterocycles. The third kappa shape index (κ3) is 1.64. The van der Waals surface area contributed by atoms with Crippen LogP contribution in [0.2, 0.25) is 0 Å². The van der Waals surface area contributed by atoms with Crippen molar-refractivity contribution in [2.45, 2.75) is 26.3 Å². The zero-order valence-electron chi connectivity index (χ0n) is 7.53. The summed E-state index contributed by atoms with van der Waals surface area (Å²) in [6.07, 6.45) is 1.75. The van der Waals surface area contributed by atoms with Crippen LogP contribution in [0.3, 0.4) is 0 Å². The maximum atomic E-state index is 10.7. The normalized spacial score (nSPS) is 11.6. The number of hydrogen-bond acceptors (Lipinski definition) is 2. The van der Waals surface area contributed by atoms with E-state index in [1.165, 1.54) is 0 Å². The fourth-order valence-corrected chi connectivity index (χ4v) is 0.829. The van der Waals surface area contributed by atoms with Gasteiger partial charge in [-0.25, -0.2) is 0 Å². The number of carbonyl (C=O) groups excluding carboxylic acids is 1. The van der Waals surface area contributed by atoms with Crippen LogP contribution in [0.4, 0.5) is 0 Å². The third-order valence-corrected chi connectivity index (χ3v) is 1.53. The fraction of sp³-hybridized carbons (Fsp3) is 0.500. The summed E-state index contributed by atoms with van der Waals surface area (Å²) >= 11 is 0. The molecule has 0 atom stereocenters. The van der Waals surface area contributed by atoms with Crippen LogP contribution in [-0.2, 0) is 5.54 Å². The van der Waals surface area contributed by atoms with Crippen molar-refractivity contribution in [2.75, 3.05) is 0 Å². The van der Waals surface area contributed by atoms with Crippen LogP contribution in [0.1, 0.15) is 31.3 Å². The summed E-state index contributed by atoms with van der Waals surface area (Å²) in [6.45, 7) is 6.01. The molecule has 0 spiro atoms. The van der Waals surface area contributed by atoms with Crippen molar-refractivity contribution >= 4 is 5.91 Å². The second kappa shape index (κ2) is 2.62. The van der Waals surface area contributed by atoms with Crippen molar-refractivity contribution in [3.63, 3.8) is 0 Å². The first kappa shape index (κ1) is 8.77. The predicted molar refractivity (Wildman–Crippen MR) is 45.7 cm³/mol. The van der Waals surface area contributed by atoms with Crippen molar-refractivity contribution in [3.05, 3.63) is 18.0 Å². The molecule has 1 amide bonds. The molecular weight excluding hydrogens is 154 g/mol. The minimum atomic E-state index is -0.488. The monoisotopic (exact) mass is 167 g/mol. The molecule has 4 heteroatoms. The SMILES string of the molecule is CC(C)(C)n1ccc(C(N)=O)n1. The Morgan fingerprint density at radius 1 is 1.58 bits per heavy atom. The predicted octanol–water partition coefficient (Wildman–Crippen LogP) is 0.737. The minimum Gasteiger partial charge on any atom is -0.364 e. The number of rotatable bonds is 1. The first-order valence-corrected chi connectivity index (χ1v) is 3.77. The number of hydrogen-bond donors (Lipinski definition) is 1. The molecule has 1 rings (SSSR count). The zero-order valence-corrected chi connectivity index (χ0v) is 7.53. The molecule has 4 nitrogen and oxygen atoms in total. The summed E-state index contributed by atoms with van der Waals surface area (Å²) in [5.74, 6) is -0.488. The summed E-state index contributed by atoms with van der Waals surface area (Å²) in [4.78, 5) is 10.7. The van der Waals surface area contributed by atoms with E-state index in [0.717, 1.165) is 0 Å². The number of primary amides is 1. The molecule has 1 aromatic rings. The lowest BCUT2D eigenvalue weighted by Gasteiger charge is -2.18. The zero-order chi connectivity index (χ0) is 9.35. The molecule has 0 fully saturated rings. The van der Waals surface area contributed by atoms with Crippen LogP contribution in [0.5, 0.6) is 0 Å². The van der Waals surface area contributed by atoms with E-state index in [4.69, 9.17) is 5.73 Å². The van der Waals surface area contributed by atoms with Gasteiger partial charge in [0.25, 0.3) is 5.91 Å². The Bertz CT molecular complexity index is 295. The summed E-state index contributed by atoms with van der Waals surface area (Å²) in [5.41, 5.74) is 5.26. The largest absolute Gasteiger partial charge is 0.364 e. The van der Waals surface area contributed by atoms with Crippen LogP contribution in [0.25, 0.3) is 0 Å². The van der Waals surface area contributed by atoms with E-state index in [0.29, 0.717) is 5.69 Å². The average molecular weight is 167 g/mol. The van der Waals surface area contributed by atoms with Gasteiger partial charge in [-0.1, -0.05) is 0 Å². The molecule has 0 radical (unpaired) electrons. The molecule has 0 bridgehead atoms. The summed E-state index contributed by atoms with van der Waals surface area (Å²) < 4.78 is 1.72. The van der Waals surface area contributed by atoms with Crippen LogP contribution in [0, 0.1) is 0 Å².